The summed E-state index contributed by atoms with van der Waals surface area (Å²) in [7, 11) is 1.29. The van der Waals surface area contributed by atoms with Crippen LogP contribution in [-0.4, -0.2) is 64.0 Å². The maximum Gasteiger partial charge on any atom is 0.387 e. The summed E-state index contributed by atoms with van der Waals surface area (Å²) in [6.45, 7) is 1.37. The molecule has 0 amide bonds. The van der Waals surface area contributed by atoms with Crippen LogP contribution in [0.25, 0.3) is 0 Å². The molecule has 3 aromatic rings. The number of thioether (sulfide) groups is 1. The summed E-state index contributed by atoms with van der Waals surface area (Å²) in [5, 5.41) is 11.2. The molecule has 0 radical (unpaired) electrons. The number of rotatable bonds is 17. The van der Waals surface area contributed by atoms with Gasteiger partial charge in [0.05, 0.1) is 25.2 Å². The number of methoxy groups -OCH3 is 1. The van der Waals surface area contributed by atoms with Gasteiger partial charge >= 0.3 is 18.6 Å². The first-order valence-electron chi connectivity index (χ1n) is 15.9. The van der Waals surface area contributed by atoms with Crippen LogP contribution in [0, 0.1) is 11.1 Å². The van der Waals surface area contributed by atoms with Crippen LogP contribution < -0.4 is 23.2 Å². The molecule has 19 heteroatoms. The van der Waals surface area contributed by atoms with E-state index < -0.39 is 58.9 Å². The van der Waals surface area contributed by atoms with E-state index in [9.17, 15) is 37.1 Å². The lowest BCUT2D eigenvalue weighted by atomic mass is 10.0. The molecule has 288 valence electrons. The van der Waals surface area contributed by atoms with Crippen molar-refractivity contribution in [2.75, 3.05) is 30.3 Å². The third kappa shape index (κ3) is 12.6. The van der Waals surface area contributed by atoms with Crippen molar-refractivity contribution < 1.29 is 60.3 Å². The first kappa shape index (κ1) is 41.9. The van der Waals surface area contributed by atoms with Gasteiger partial charge in [-0.25, -0.2) is 4.21 Å². The fraction of sp³-hybridized carbons (Fsp3) is 0.412. The topological polar surface area (TPSA) is 165 Å². The maximum absolute atomic E-state index is 13.3. The molecule has 0 saturated heterocycles. The zero-order valence-electron chi connectivity index (χ0n) is 28.8. The van der Waals surface area contributed by atoms with Crippen molar-refractivity contribution in [3.63, 3.8) is 0 Å². The van der Waals surface area contributed by atoms with E-state index in [0.717, 1.165) is 29.5 Å². The second kappa shape index (κ2) is 18.4. The molecule has 1 N–H and O–H groups in total. The second-order valence-electron chi connectivity index (χ2n) is 12.6. The van der Waals surface area contributed by atoms with Gasteiger partial charge in [0.1, 0.15) is 34.0 Å². The Hall–Kier alpha value is -3.90. The number of ether oxygens (including phenoxy) is 5. The van der Waals surface area contributed by atoms with Gasteiger partial charge in [0, 0.05) is 17.5 Å². The number of halogens is 4. The molecule has 1 fully saturated rings. The van der Waals surface area contributed by atoms with Crippen molar-refractivity contribution in [2.24, 2.45) is 5.92 Å². The van der Waals surface area contributed by atoms with Gasteiger partial charge in [-0.1, -0.05) is 41.0 Å². The van der Waals surface area contributed by atoms with Gasteiger partial charge in [-0.2, -0.15) is 13.5 Å². The molecule has 2 aromatic carbocycles. The van der Waals surface area contributed by atoms with Crippen molar-refractivity contribution in [2.45, 2.75) is 58.4 Å². The van der Waals surface area contributed by atoms with Crippen LogP contribution in [-0.2, 0) is 36.8 Å². The highest BCUT2D eigenvalue weighted by Gasteiger charge is 2.28. The number of carbonyl (C=O) groups excluding carboxylic acids is 3. The van der Waals surface area contributed by atoms with Gasteiger partial charge in [-0.05, 0) is 75.4 Å². The molecule has 1 aliphatic rings. The molecule has 0 bridgehead atoms. The Morgan fingerprint density at radius 3 is 2.30 bits per heavy atom. The molecule has 0 aliphatic heterocycles. The number of pyridine rings is 1. The van der Waals surface area contributed by atoms with Crippen molar-refractivity contribution in [3.05, 3.63) is 80.7 Å². The molecule has 1 heterocycles. The summed E-state index contributed by atoms with van der Waals surface area (Å²) < 4.78 is 76.6. The Balaban J connectivity index is 1.56. The lowest BCUT2D eigenvalue weighted by molar-refractivity contribution is -0.605. The van der Waals surface area contributed by atoms with Gasteiger partial charge in [-0.3, -0.25) is 23.2 Å². The molecule has 0 spiro atoms. The first-order valence-corrected chi connectivity index (χ1v) is 18.7. The van der Waals surface area contributed by atoms with Gasteiger partial charge in [0.15, 0.2) is 23.9 Å². The average molecular weight is 822 g/mol. The fourth-order valence-corrected chi connectivity index (χ4v) is 6.53. The second-order valence-corrected chi connectivity index (χ2v) is 15.3. The van der Waals surface area contributed by atoms with Crippen LogP contribution in [0.15, 0.2) is 48.8 Å². The SMILES string of the molecule is COc1ccc(C(=O)SCC(=O)OC(Cc2c(Cl)c[n+]([O-])cc2Cl)c2ccc(OC(F)F)c(OCC3CC3)c2)cc1N(CC(=O)OC(C)(C)C)S(=O)O. The third-order valence-electron chi connectivity index (χ3n) is 7.33. The highest BCUT2D eigenvalue weighted by molar-refractivity contribution is 8.14. The third-order valence-corrected chi connectivity index (χ3v) is 9.57. The van der Waals surface area contributed by atoms with E-state index in [4.69, 9.17) is 42.1 Å². The summed E-state index contributed by atoms with van der Waals surface area (Å²) in [4.78, 5) is 39.0. The molecule has 53 heavy (non-hydrogen) atoms. The summed E-state index contributed by atoms with van der Waals surface area (Å²) in [5.41, 5.74) is -0.407. The van der Waals surface area contributed by atoms with Crippen molar-refractivity contribution in [1.29, 1.82) is 0 Å². The fourth-order valence-electron chi connectivity index (χ4n) is 4.79. The van der Waals surface area contributed by atoms with Gasteiger partial charge < -0.3 is 28.9 Å². The lowest BCUT2D eigenvalue weighted by Crippen LogP contribution is -2.36. The van der Waals surface area contributed by atoms with Crippen molar-refractivity contribution in [1.82, 2.24) is 0 Å². The van der Waals surface area contributed by atoms with E-state index in [1.54, 1.807) is 20.8 Å². The van der Waals surface area contributed by atoms with E-state index >= 15 is 0 Å². The quantitative estimate of drug-likeness (QED) is 0.0664. The number of hydrogen-bond acceptors (Lipinski definition) is 11. The molecular weight excluding hydrogens is 785 g/mol. The standard InChI is InChI=1S/C34H36Cl2F2N2O11S2/c1-34(2,3)51-30(41)16-40(53(45)46)25-11-21(8-9-26(25)47-4)32(43)52-18-31(42)49-28(13-22-23(35)14-39(44)15-24(22)36)20-7-10-27(50-33(37)38)29(12-20)48-17-19-5-6-19/h7-12,14-15,19,28,33H,5-6,13,16-18H2,1-4H3,(H,45,46). The minimum Gasteiger partial charge on any atom is -0.619 e. The molecule has 1 aliphatic carbocycles. The Labute approximate surface area is 320 Å². The number of hydrogen-bond donors (Lipinski definition) is 1. The zero-order chi connectivity index (χ0) is 39.0. The lowest BCUT2D eigenvalue weighted by Gasteiger charge is -2.25. The van der Waals surface area contributed by atoms with E-state index in [1.807, 2.05) is 0 Å². The van der Waals surface area contributed by atoms with Gasteiger partial charge in [0.25, 0.3) is 11.3 Å². The molecular formula is C34H36Cl2F2N2O11S2. The largest absolute Gasteiger partial charge is 0.619 e. The Morgan fingerprint density at radius 2 is 1.72 bits per heavy atom. The summed E-state index contributed by atoms with van der Waals surface area (Å²) in [6.07, 6.45) is 2.65. The van der Waals surface area contributed by atoms with E-state index in [1.165, 1.54) is 43.5 Å². The van der Waals surface area contributed by atoms with Crippen LogP contribution in [0.4, 0.5) is 14.5 Å². The van der Waals surface area contributed by atoms with E-state index in [-0.39, 0.29) is 68.6 Å². The Bertz CT molecular complexity index is 1820. The maximum atomic E-state index is 13.3. The predicted molar refractivity (Wildman–Crippen MR) is 193 cm³/mol. The molecule has 4 rings (SSSR count). The summed E-state index contributed by atoms with van der Waals surface area (Å²) in [6, 6.07) is 7.98. The minimum atomic E-state index is -3.13. The number of benzene rings is 2. The number of alkyl halides is 2. The van der Waals surface area contributed by atoms with Gasteiger partial charge in [-0.15, -0.1) is 0 Å². The number of aromatic nitrogens is 1. The molecule has 1 aromatic heterocycles. The normalized spacial score (nSPS) is 13.9. The van der Waals surface area contributed by atoms with E-state index in [0.29, 0.717) is 16.5 Å². The van der Waals surface area contributed by atoms with Crippen LogP contribution in [0.1, 0.15) is 61.2 Å². The van der Waals surface area contributed by atoms with Crippen LogP contribution >= 0.6 is 35.0 Å². The highest BCUT2D eigenvalue weighted by atomic mass is 35.5. The predicted octanol–water partition coefficient (Wildman–Crippen LogP) is 6.71. The zero-order valence-corrected chi connectivity index (χ0v) is 32.0. The van der Waals surface area contributed by atoms with Crippen molar-refractivity contribution >= 4 is 69.0 Å². The smallest absolute Gasteiger partial charge is 0.387 e. The first-order chi connectivity index (χ1) is 24.9. The summed E-state index contributed by atoms with van der Waals surface area (Å²) in [5.74, 6) is -2.10. The Morgan fingerprint density at radius 1 is 1.06 bits per heavy atom. The number of esters is 2. The average Bonchev–Trinajstić information content (AvgIpc) is 3.90. The van der Waals surface area contributed by atoms with Crippen LogP contribution in [0.3, 0.4) is 0 Å². The van der Waals surface area contributed by atoms with Crippen LogP contribution in [0.2, 0.25) is 10.0 Å². The molecule has 2 atom stereocenters. The molecule has 13 nitrogen and oxygen atoms in total. The van der Waals surface area contributed by atoms with Crippen molar-refractivity contribution in [3.8, 4) is 17.2 Å². The molecule has 1 saturated carbocycles. The van der Waals surface area contributed by atoms with Gasteiger partial charge in [0.2, 0.25) is 5.12 Å². The molecule has 2 unspecified atom stereocenters. The minimum absolute atomic E-state index is 0.00405. The summed E-state index contributed by atoms with van der Waals surface area (Å²) >= 11 is 10.5. The number of nitrogens with zero attached hydrogens (tertiary/aromatic N) is 2. The van der Waals surface area contributed by atoms with E-state index in [2.05, 4.69) is 4.74 Å². The number of anilines is 1. The number of carbonyl (C=O) groups is 3. The van der Waals surface area contributed by atoms with Crippen LogP contribution in [0.5, 0.6) is 17.2 Å². The highest BCUT2D eigenvalue weighted by Crippen LogP contribution is 2.38. The Kier molecular flexibility index (Phi) is 14.5. The monoisotopic (exact) mass is 820 g/mol.